The van der Waals surface area contributed by atoms with Gasteiger partial charge in [0, 0.05) is 16.6 Å². The molecule has 1 heterocycles. The zero-order valence-electron chi connectivity index (χ0n) is 6.29. The lowest BCUT2D eigenvalue weighted by molar-refractivity contribution is 1.18. The number of nitrogens with zero attached hydrogens (tertiary/aromatic N) is 1. The molecule has 1 aromatic rings. The molecule has 0 saturated carbocycles. The molecule has 0 spiro atoms. The summed E-state index contributed by atoms with van der Waals surface area (Å²) >= 11 is 1.59. The maximum absolute atomic E-state index is 4.10. The highest BCUT2D eigenvalue weighted by Gasteiger charge is 1.97. The molecular formula is C8H11NS. The van der Waals surface area contributed by atoms with Crippen LogP contribution in [0.15, 0.2) is 12.3 Å². The Hall–Kier alpha value is -0.630. The van der Waals surface area contributed by atoms with E-state index < -0.39 is 0 Å². The van der Waals surface area contributed by atoms with Crippen molar-refractivity contribution < 1.29 is 0 Å². The predicted molar refractivity (Wildman–Crippen MR) is 46.2 cm³/mol. The first-order valence-electron chi connectivity index (χ1n) is 3.44. The van der Waals surface area contributed by atoms with Gasteiger partial charge in [0.25, 0.3) is 0 Å². The van der Waals surface area contributed by atoms with Crippen LogP contribution in [-0.2, 0) is 6.42 Å². The van der Waals surface area contributed by atoms with Gasteiger partial charge in [-0.05, 0) is 24.9 Å². The third-order valence-electron chi connectivity index (χ3n) is 1.34. The maximum atomic E-state index is 4.10. The summed E-state index contributed by atoms with van der Waals surface area (Å²) in [4.78, 5) is 1.37. The molecular weight excluding hydrogens is 142 g/mol. The van der Waals surface area contributed by atoms with Gasteiger partial charge in [-0.1, -0.05) is 19.1 Å². The molecule has 0 aliphatic carbocycles. The average Bonchev–Trinajstić information content (AvgIpc) is 2.36. The van der Waals surface area contributed by atoms with Gasteiger partial charge >= 0.3 is 0 Å². The van der Waals surface area contributed by atoms with Crippen molar-refractivity contribution in [1.82, 2.24) is 4.37 Å². The third-order valence-corrected chi connectivity index (χ3v) is 2.30. The molecule has 1 nitrogen and oxygen atoms in total. The lowest BCUT2D eigenvalue weighted by atomic mass is 10.2. The number of aryl methyl sites for hydroxylation is 1. The Labute approximate surface area is 65.6 Å². The van der Waals surface area contributed by atoms with Gasteiger partial charge < -0.3 is 0 Å². The van der Waals surface area contributed by atoms with Crippen LogP contribution in [0.5, 0.6) is 0 Å². The predicted octanol–water partition coefficient (Wildman–Crippen LogP) is 2.74. The van der Waals surface area contributed by atoms with Crippen molar-refractivity contribution in [3.63, 3.8) is 0 Å². The van der Waals surface area contributed by atoms with Crippen molar-refractivity contribution in [2.24, 2.45) is 0 Å². The highest BCUT2D eigenvalue weighted by atomic mass is 32.1. The number of aromatic nitrogens is 1. The van der Waals surface area contributed by atoms with E-state index in [2.05, 4.69) is 17.4 Å². The van der Waals surface area contributed by atoms with E-state index in [1.807, 2.05) is 19.2 Å². The van der Waals surface area contributed by atoms with Crippen LogP contribution in [-0.4, -0.2) is 4.37 Å². The largest absolute Gasteiger partial charge is 0.200 e. The molecule has 0 fully saturated rings. The standard InChI is InChI=1S/C8H11NS/c1-3-5-7-6-9-10-8(7)4-2/h3,5-6H,4H2,1-2H3/b5-3-. The van der Waals surface area contributed by atoms with Gasteiger partial charge in [-0.2, -0.15) is 0 Å². The third kappa shape index (κ3) is 1.45. The van der Waals surface area contributed by atoms with Crippen molar-refractivity contribution in [2.75, 3.05) is 0 Å². The molecule has 0 aromatic carbocycles. The zero-order valence-corrected chi connectivity index (χ0v) is 7.11. The molecule has 0 unspecified atom stereocenters. The SMILES string of the molecule is C/C=C\c1cnsc1CC. The van der Waals surface area contributed by atoms with E-state index in [0.717, 1.165) is 6.42 Å². The second-order valence-corrected chi connectivity index (χ2v) is 2.94. The van der Waals surface area contributed by atoms with Crippen LogP contribution in [0.4, 0.5) is 0 Å². The summed E-state index contributed by atoms with van der Waals surface area (Å²) < 4.78 is 4.10. The highest BCUT2D eigenvalue weighted by Crippen LogP contribution is 2.15. The Morgan fingerprint density at radius 2 is 2.50 bits per heavy atom. The molecule has 0 N–H and O–H groups in total. The Kier molecular flexibility index (Phi) is 2.63. The molecule has 0 atom stereocenters. The van der Waals surface area contributed by atoms with E-state index in [9.17, 15) is 0 Å². The summed E-state index contributed by atoms with van der Waals surface area (Å²) in [6, 6.07) is 0. The molecule has 0 radical (unpaired) electrons. The van der Waals surface area contributed by atoms with Crippen LogP contribution >= 0.6 is 11.5 Å². The van der Waals surface area contributed by atoms with E-state index in [-0.39, 0.29) is 0 Å². The molecule has 54 valence electrons. The van der Waals surface area contributed by atoms with Crippen LogP contribution in [0.1, 0.15) is 24.3 Å². The lowest BCUT2D eigenvalue weighted by Crippen LogP contribution is -1.74. The Balaban J connectivity index is 2.90. The smallest absolute Gasteiger partial charge is 0.0482 e. The Morgan fingerprint density at radius 1 is 1.70 bits per heavy atom. The van der Waals surface area contributed by atoms with E-state index in [1.165, 1.54) is 10.4 Å². The van der Waals surface area contributed by atoms with Crippen LogP contribution in [0.3, 0.4) is 0 Å². The molecule has 1 aromatic heterocycles. The first-order valence-corrected chi connectivity index (χ1v) is 4.22. The molecule has 0 amide bonds. The molecule has 1 rings (SSSR count). The molecule has 0 saturated heterocycles. The van der Waals surface area contributed by atoms with Crippen molar-refractivity contribution >= 4 is 17.6 Å². The van der Waals surface area contributed by atoms with Gasteiger partial charge in [0.05, 0.1) is 0 Å². The summed E-state index contributed by atoms with van der Waals surface area (Å²) in [5.74, 6) is 0. The van der Waals surface area contributed by atoms with E-state index in [0.29, 0.717) is 0 Å². The number of allylic oxidation sites excluding steroid dienone is 1. The fourth-order valence-electron chi connectivity index (χ4n) is 0.856. The molecule has 0 aliphatic heterocycles. The quantitative estimate of drug-likeness (QED) is 0.636. The van der Waals surface area contributed by atoms with Crippen molar-refractivity contribution in [3.8, 4) is 0 Å². The zero-order chi connectivity index (χ0) is 7.40. The molecule has 0 aliphatic rings. The molecule has 10 heavy (non-hydrogen) atoms. The highest BCUT2D eigenvalue weighted by molar-refractivity contribution is 7.05. The second-order valence-electron chi connectivity index (χ2n) is 2.06. The Bertz CT molecular complexity index is 225. The molecule has 2 heteroatoms. The summed E-state index contributed by atoms with van der Waals surface area (Å²) in [5, 5.41) is 0. The van der Waals surface area contributed by atoms with E-state index >= 15 is 0 Å². The normalized spacial score (nSPS) is 11.0. The fraction of sp³-hybridized carbons (Fsp3) is 0.375. The average molecular weight is 153 g/mol. The van der Waals surface area contributed by atoms with E-state index in [4.69, 9.17) is 0 Å². The first-order chi connectivity index (χ1) is 4.88. The minimum absolute atomic E-state index is 1.09. The van der Waals surface area contributed by atoms with Crippen molar-refractivity contribution in [1.29, 1.82) is 0 Å². The fourth-order valence-corrected chi connectivity index (χ4v) is 1.50. The van der Waals surface area contributed by atoms with Crippen LogP contribution < -0.4 is 0 Å². The van der Waals surface area contributed by atoms with Crippen LogP contribution in [0, 0.1) is 0 Å². The lowest BCUT2D eigenvalue weighted by Gasteiger charge is -1.88. The Morgan fingerprint density at radius 3 is 3.10 bits per heavy atom. The monoisotopic (exact) mass is 153 g/mol. The van der Waals surface area contributed by atoms with Crippen molar-refractivity contribution in [3.05, 3.63) is 22.7 Å². The van der Waals surface area contributed by atoms with Gasteiger partial charge in [-0.25, -0.2) is 4.37 Å². The summed E-state index contributed by atoms with van der Waals surface area (Å²) in [6.45, 7) is 4.18. The van der Waals surface area contributed by atoms with Gasteiger partial charge in [-0.3, -0.25) is 0 Å². The molecule has 0 bridgehead atoms. The minimum atomic E-state index is 1.09. The van der Waals surface area contributed by atoms with E-state index in [1.54, 1.807) is 11.5 Å². The summed E-state index contributed by atoms with van der Waals surface area (Å²) in [5.41, 5.74) is 1.27. The van der Waals surface area contributed by atoms with Crippen molar-refractivity contribution in [2.45, 2.75) is 20.3 Å². The topological polar surface area (TPSA) is 12.9 Å². The summed E-state index contributed by atoms with van der Waals surface area (Å²) in [6.07, 6.45) is 7.15. The van der Waals surface area contributed by atoms with Gasteiger partial charge in [0.1, 0.15) is 0 Å². The van der Waals surface area contributed by atoms with Crippen LogP contribution in [0.25, 0.3) is 6.08 Å². The maximum Gasteiger partial charge on any atom is 0.0482 e. The van der Waals surface area contributed by atoms with Gasteiger partial charge in [-0.15, -0.1) is 0 Å². The number of hydrogen-bond donors (Lipinski definition) is 0. The number of hydrogen-bond acceptors (Lipinski definition) is 2. The van der Waals surface area contributed by atoms with Crippen LogP contribution in [0.2, 0.25) is 0 Å². The summed E-state index contributed by atoms with van der Waals surface area (Å²) in [7, 11) is 0. The van der Waals surface area contributed by atoms with Gasteiger partial charge in [0.2, 0.25) is 0 Å². The first kappa shape index (κ1) is 7.48. The number of rotatable bonds is 2. The van der Waals surface area contributed by atoms with Gasteiger partial charge in [0.15, 0.2) is 0 Å². The second kappa shape index (κ2) is 3.52. The minimum Gasteiger partial charge on any atom is -0.200 e.